The third-order valence-corrected chi connectivity index (χ3v) is 4.56. The molecule has 3 fully saturated rings. The van der Waals surface area contributed by atoms with Crippen LogP contribution in [0.1, 0.15) is 32.1 Å². The fourth-order valence-electron chi connectivity index (χ4n) is 3.07. The summed E-state index contributed by atoms with van der Waals surface area (Å²) in [6.45, 7) is 0.892. The molecule has 2 heterocycles. The number of likely N-dealkylation sites (tertiary alicyclic amines) is 1. The molecule has 0 aromatic rings. The maximum atomic E-state index is 12.4. The predicted molar refractivity (Wildman–Crippen MR) is 71.4 cm³/mol. The van der Waals surface area contributed by atoms with Crippen LogP contribution in [0.5, 0.6) is 0 Å². The van der Waals surface area contributed by atoms with Crippen molar-refractivity contribution in [2.24, 2.45) is 5.92 Å². The SMILES string of the molecule is O=C(NC1(C(=O)O)CCOC1)C1CCCN1C(=O)C1CC1. The number of rotatable bonds is 4. The van der Waals surface area contributed by atoms with Crippen molar-refractivity contribution >= 4 is 17.8 Å². The number of hydrogen-bond acceptors (Lipinski definition) is 4. The van der Waals surface area contributed by atoms with E-state index in [1.54, 1.807) is 4.90 Å². The number of carboxylic acids is 1. The second-order valence-electron chi connectivity index (χ2n) is 6.14. The van der Waals surface area contributed by atoms with E-state index < -0.39 is 17.6 Å². The van der Waals surface area contributed by atoms with Gasteiger partial charge in [-0.1, -0.05) is 0 Å². The van der Waals surface area contributed by atoms with Gasteiger partial charge in [0.15, 0.2) is 5.54 Å². The minimum absolute atomic E-state index is 0.0165. The summed E-state index contributed by atoms with van der Waals surface area (Å²) >= 11 is 0. The molecule has 2 aliphatic heterocycles. The first-order valence-corrected chi connectivity index (χ1v) is 7.47. The Morgan fingerprint density at radius 2 is 2.00 bits per heavy atom. The van der Waals surface area contributed by atoms with Crippen LogP contribution < -0.4 is 5.32 Å². The van der Waals surface area contributed by atoms with E-state index in [2.05, 4.69) is 5.32 Å². The van der Waals surface area contributed by atoms with Gasteiger partial charge in [-0.25, -0.2) is 4.79 Å². The molecule has 2 atom stereocenters. The lowest BCUT2D eigenvalue weighted by atomic mass is 9.98. The highest BCUT2D eigenvalue weighted by Crippen LogP contribution is 2.34. The van der Waals surface area contributed by atoms with Gasteiger partial charge in [0, 0.05) is 25.5 Å². The normalized spacial score (nSPS) is 32.2. The van der Waals surface area contributed by atoms with Gasteiger partial charge in [0.2, 0.25) is 11.8 Å². The van der Waals surface area contributed by atoms with Crippen LogP contribution in [-0.4, -0.2) is 59.1 Å². The van der Waals surface area contributed by atoms with Crippen LogP contribution in [0, 0.1) is 5.92 Å². The molecule has 0 bridgehead atoms. The van der Waals surface area contributed by atoms with E-state index in [4.69, 9.17) is 4.74 Å². The van der Waals surface area contributed by atoms with Gasteiger partial charge in [0.1, 0.15) is 6.04 Å². The Bertz CT molecular complexity index is 468. The largest absolute Gasteiger partial charge is 0.479 e. The van der Waals surface area contributed by atoms with Crippen LogP contribution in [0.25, 0.3) is 0 Å². The molecule has 7 heteroatoms. The summed E-state index contributed by atoms with van der Waals surface area (Å²) < 4.78 is 5.13. The summed E-state index contributed by atoms with van der Waals surface area (Å²) in [6.07, 6.45) is 3.44. The first-order valence-electron chi connectivity index (χ1n) is 7.47. The number of nitrogens with zero attached hydrogens (tertiary/aromatic N) is 1. The number of hydrogen-bond donors (Lipinski definition) is 2. The van der Waals surface area contributed by atoms with Crippen molar-refractivity contribution in [3.8, 4) is 0 Å². The van der Waals surface area contributed by atoms with E-state index >= 15 is 0 Å². The molecule has 21 heavy (non-hydrogen) atoms. The van der Waals surface area contributed by atoms with E-state index in [9.17, 15) is 19.5 Å². The Morgan fingerprint density at radius 3 is 2.57 bits per heavy atom. The standard InChI is InChI=1S/C14H20N2O5/c17-11(15-14(13(19)20)5-7-21-8-14)10-2-1-6-16(10)12(18)9-3-4-9/h9-10H,1-8H2,(H,15,17)(H,19,20). The third kappa shape index (κ3) is 2.62. The van der Waals surface area contributed by atoms with Gasteiger partial charge >= 0.3 is 5.97 Å². The second kappa shape index (κ2) is 5.29. The fraction of sp³-hybridized carbons (Fsp3) is 0.786. The first-order chi connectivity index (χ1) is 10.0. The predicted octanol–water partition coefficient (Wildman–Crippen LogP) is -0.253. The molecular weight excluding hydrogens is 276 g/mol. The summed E-state index contributed by atoms with van der Waals surface area (Å²) in [6, 6.07) is -0.532. The Balaban J connectivity index is 1.69. The van der Waals surface area contributed by atoms with E-state index in [0.29, 0.717) is 19.6 Å². The quantitative estimate of drug-likeness (QED) is 0.745. The van der Waals surface area contributed by atoms with Gasteiger partial charge in [-0.2, -0.15) is 0 Å². The van der Waals surface area contributed by atoms with Crippen molar-refractivity contribution in [3.05, 3.63) is 0 Å². The van der Waals surface area contributed by atoms with Crippen molar-refractivity contribution in [2.45, 2.75) is 43.7 Å². The zero-order valence-electron chi connectivity index (χ0n) is 11.8. The molecule has 0 spiro atoms. The number of amides is 2. The van der Waals surface area contributed by atoms with Crippen molar-refractivity contribution < 1.29 is 24.2 Å². The number of carbonyl (C=O) groups excluding carboxylic acids is 2. The Morgan fingerprint density at radius 1 is 1.24 bits per heavy atom. The minimum atomic E-state index is -1.34. The molecular formula is C14H20N2O5. The molecule has 2 N–H and O–H groups in total. The average Bonchev–Trinajstić information content (AvgIpc) is 2.99. The summed E-state index contributed by atoms with van der Waals surface area (Å²) in [5.41, 5.74) is -1.34. The molecule has 116 valence electrons. The lowest BCUT2D eigenvalue weighted by Crippen LogP contribution is -2.59. The lowest BCUT2D eigenvalue weighted by Gasteiger charge is -2.29. The summed E-state index contributed by atoms with van der Waals surface area (Å²) in [7, 11) is 0. The van der Waals surface area contributed by atoms with E-state index in [-0.39, 0.29) is 30.8 Å². The van der Waals surface area contributed by atoms with Gasteiger partial charge in [0.25, 0.3) is 0 Å². The smallest absolute Gasteiger partial charge is 0.331 e. The molecule has 3 rings (SSSR count). The van der Waals surface area contributed by atoms with Gasteiger partial charge in [0.05, 0.1) is 6.61 Å². The summed E-state index contributed by atoms with van der Waals surface area (Å²) in [5, 5.41) is 12.0. The molecule has 0 radical (unpaired) electrons. The van der Waals surface area contributed by atoms with Crippen LogP contribution in [-0.2, 0) is 19.1 Å². The number of carbonyl (C=O) groups is 3. The van der Waals surface area contributed by atoms with Crippen LogP contribution in [0.3, 0.4) is 0 Å². The molecule has 2 saturated heterocycles. The van der Waals surface area contributed by atoms with E-state index in [1.165, 1.54) is 0 Å². The van der Waals surface area contributed by atoms with Crippen LogP contribution in [0.4, 0.5) is 0 Å². The molecule has 1 saturated carbocycles. The first kappa shape index (κ1) is 14.3. The molecule has 3 aliphatic rings. The second-order valence-corrected chi connectivity index (χ2v) is 6.14. The third-order valence-electron chi connectivity index (χ3n) is 4.56. The van der Waals surface area contributed by atoms with Crippen molar-refractivity contribution in [1.82, 2.24) is 10.2 Å². The highest BCUT2D eigenvalue weighted by Gasteiger charge is 2.47. The molecule has 1 aliphatic carbocycles. The van der Waals surface area contributed by atoms with Gasteiger partial charge < -0.3 is 20.1 Å². The molecule has 0 aromatic carbocycles. The minimum Gasteiger partial charge on any atom is -0.479 e. The number of nitrogens with one attached hydrogen (secondary N) is 1. The molecule has 2 amide bonds. The highest BCUT2D eigenvalue weighted by molar-refractivity contribution is 5.93. The summed E-state index contributed by atoms with van der Waals surface area (Å²) in [4.78, 5) is 37.7. The summed E-state index contributed by atoms with van der Waals surface area (Å²) in [5.74, 6) is -1.33. The topological polar surface area (TPSA) is 95.9 Å². The van der Waals surface area contributed by atoms with E-state index in [1.807, 2.05) is 0 Å². The Kier molecular flexibility index (Phi) is 3.61. The van der Waals surface area contributed by atoms with Crippen LogP contribution >= 0.6 is 0 Å². The van der Waals surface area contributed by atoms with Gasteiger partial charge in [-0.15, -0.1) is 0 Å². The average molecular weight is 296 g/mol. The van der Waals surface area contributed by atoms with Crippen molar-refractivity contribution in [2.75, 3.05) is 19.8 Å². The zero-order chi connectivity index (χ0) is 15.0. The highest BCUT2D eigenvalue weighted by atomic mass is 16.5. The molecule has 7 nitrogen and oxygen atoms in total. The zero-order valence-corrected chi connectivity index (χ0v) is 11.8. The Labute approximate surface area is 122 Å². The fourth-order valence-corrected chi connectivity index (χ4v) is 3.07. The van der Waals surface area contributed by atoms with Crippen molar-refractivity contribution in [3.63, 3.8) is 0 Å². The van der Waals surface area contributed by atoms with Crippen LogP contribution in [0.15, 0.2) is 0 Å². The number of carboxylic acid groups (broad SMARTS) is 1. The maximum absolute atomic E-state index is 12.4. The van der Waals surface area contributed by atoms with Crippen LogP contribution in [0.2, 0.25) is 0 Å². The van der Waals surface area contributed by atoms with Crippen molar-refractivity contribution in [1.29, 1.82) is 0 Å². The lowest BCUT2D eigenvalue weighted by molar-refractivity contribution is -0.149. The monoisotopic (exact) mass is 296 g/mol. The van der Waals surface area contributed by atoms with Gasteiger partial charge in [-0.05, 0) is 25.7 Å². The number of ether oxygens (including phenoxy) is 1. The molecule has 0 aromatic heterocycles. The molecule has 2 unspecified atom stereocenters. The number of aliphatic carboxylic acids is 1. The van der Waals surface area contributed by atoms with E-state index in [0.717, 1.165) is 19.3 Å². The Hall–Kier alpha value is -1.63. The van der Waals surface area contributed by atoms with Gasteiger partial charge in [-0.3, -0.25) is 9.59 Å². The maximum Gasteiger partial charge on any atom is 0.331 e.